The van der Waals surface area contributed by atoms with Crippen molar-refractivity contribution in [3.05, 3.63) is 35.9 Å². The van der Waals surface area contributed by atoms with E-state index >= 15 is 0 Å². The number of carbonyl (C=O) groups is 1. The molecule has 0 aliphatic carbocycles. The van der Waals surface area contributed by atoms with Crippen LogP contribution in [0, 0.1) is 0 Å². The molecule has 5 nitrogen and oxygen atoms in total. The Morgan fingerprint density at radius 2 is 1.77 bits per heavy atom. The van der Waals surface area contributed by atoms with Crippen molar-refractivity contribution < 1.29 is 22.1 Å². The van der Waals surface area contributed by atoms with Crippen molar-refractivity contribution in [3.63, 3.8) is 0 Å². The van der Waals surface area contributed by atoms with Gasteiger partial charge in [-0.25, -0.2) is 0 Å². The fourth-order valence-corrected chi connectivity index (χ4v) is 2.44. The van der Waals surface area contributed by atoms with E-state index in [2.05, 4.69) is 0 Å². The summed E-state index contributed by atoms with van der Waals surface area (Å²) in [5.41, 5.74) is 0.423. The number of carbonyl (C=O) groups excluding carboxylic acids is 1. The van der Waals surface area contributed by atoms with E-state index < -0.39 is 15.7 Å². The number of esters is 1. The average molecular weight is 328 g/mol. The Hall–Kier alpha value is -1.40. The molecule has 0 N–H and O–H groups in total. The van der Waals surface area contributed by atoms with E-state index in [1.54, 1.807) is 0 Å². The first-order valence-corrected chi connectivity index (χ1v) is 9.00. The van der Waals surface area contributed by atoms with Gasteiger partial charge in [0.1, 0.15) is 5.60 Å². The molecule has 0 bridgehead atoms. The second-order valence-corrected chi connectivity index (χ2v) is 7.86. The molecule has 1 aromatic carbocycles. The fourth-order valence-electron chi connectivity index (χ4n) is 2.04. The highest BCUT2D eigenvalue weighted by Crippen LogP contribution is 2.25. The zero-order valence-electron chi connectivity index (χ0n) is 13.5. The topological polar surface area (TPSA) is 69.7 Å². The van der Waals surface area contributed by atoms with Crippen molar-refractivity contribution in [2.75, 3.05) is 12.9 Å². The molecule has 1 aromatic rings. The summed E-state index contributed by atoms with van der Waals surface area (Å²) < 4.78 is 32.2. The zero-order chi connectivity index (χ0) is 16.8. The van der Waals surface area contributed by atoms with Crippen molar-refractivity contribution in [2.24, 2.45) is 0 Å². The van der Waals surface area contributed by atoms with Crippen LogP contribution in [0.1, 0.15) is 45.1 Å². The van der Waals surface area contributed by atoms with Crippen LogP contribution in [0.2, 0.25) is 0 Å². The minimum absolute atomic E-state index is 0.0428. The Balaban J connectivity index is 2.73. The first kappa shape index (κ1) is 18.6. The molecule has 0 fully saturated rings. The Morgan fingerprint density at radius 1 is 1.18 bits per heavy atom. The summed E-state index contributed by atoms with van der Waals surface area (Å²) in [7, 11) is -3.48. The summed E-state index contributed by atoms with van der Waals surface area (Å²) in [6.45, 7) is 5.49. The molecule has 0 unspecified atom stereocenters. The predicted molar refractivity (Wildman–Crippen MR) is 85.1 cm³/mol. The SMILES string of the molecule is CC(C)(C)OC(=O)C[C@@H](CCOS(C)(=O)=O)c1ccccc1. The summed E-state index contributed by atoms with van der Waals surface area (Å²) in [4.78, 5) is 12.0. The van der Waals surface area contributed by atoms with Gasteiger partial charge in [-0.05, 0) is 38.7 Å². The van der Waals surface area contributed by atoms with Crippen molar-refractivity contribution in [1.82, 2.24) is 0 Å². The summed E-state index contributed by atoms with van der Waals surface area (Å²) in [5, 5.41) is 0. The smallest absolute Gasteiger partial charge is 0.306 e. The molecular formula is C16H24O5S. The van der Waals surface area contributed by atoms with Crippen LogP contribution < -0.4 is 0 Å². The lowest BCUT2D eigenvalue weighted by molar-refractivity contribution is -0.155. The molecular weight excluding hydrogens is 304 g/mol. The van der Waals surface area contributed by atoms with Crippen LogP contribution in [0.25, 0.3) is 0 Å². The maximum absolute atomic E-state index is 12.0. The second kappa shape index (κ2) is 7.74. The quantitative estimate of drug-likeness (QED) is 0.568. The van der Waals surface area contributed by atoms with Gasteiger partial charge in [0.05, 0.1) is 19.3 Å². The van der Waals surface area contributed by atoms with Crippen molar-refractivity contribution in [2.45, 2.75) is 45.1 Å². The number of ether oxygens (including phenoxy) is 1. The van der Waals surface area contributed by atoms with E-state index in [1.165, 1.54) is 0 Å². The second-order valence-electron chi connectivity index (χ2n) is 6.21. The molecule has 0 radical (unpaired) electrons. The highest BCUT2D eigenvalue weighted by atomic mass is 32.2. The van der Waals surface area contributed by atoms with Gasteiger partial charge in [-0.2, -0.15) is 8.42 Å². The summed E-state index contributed by atoms with van der Waals surface area (Å²) in [5.74, 6) is -0.446. The normalized spacial score (nSPS) is 13.6. The fraction of sp³-hybridized carbons (Fsp3) is 0.562. The third-order valence-electron chi connectivity index (χ3n) is 2.87. The van der Waals surface area contributed by atoms with Gasteiger partial charge < -0.3 is 4.74 Å². The largest absolute Gasteiger partial charge is 0.460 e. The molecule has 22 heavy (non-hydrogen) atoms. The van der Waals surface area contributed by atoms with Crippen LogP contribution in [0.4, 0.5) is 0 Å². The monoisotopic (exact) mass is 328 g/mol. The maximum Gasteiger partial charge on any atom is 0.306 e. The lowest BCUT2D eigenvalue weighted by Crippen LogP contribution is -2.25. The number of hydrogen-bond acceptors (Lipinski definition) is 5. The van der Waals surface area contributed by atoms with Gasteiger partial charge in [0.2, 0.25) is 0 Å². The standard InChI is InChI=1S/C16H24O5S/c1-16(2,3)21-15(17)12-14(10-11-20-22(4,18)19)13-8-6-5-7-9-13/h5-9,14H,10-12H2,1-4H3/t14-/m1/s1. The Morgan fingerprint density at radius 3 is 2.27 bits per heavy atom. The van der Waals surface area contributed by atoms with Crippen LogP contribution in [-0.4, -0.2) is 32.9 Å². The van der Waals surface area contributed by atoms with E-state index in [0.29, 0.717) is 6.42 Å². The third-order valence-corrected chi connectivity index (χ3v) is 3.46. The Labute approximate surface area is 132 Å². The van der Waals surface area contributed by atoms with Crippen LogP contribution >= 0.6 is 0 Å². The van der Waals surface area contributed by atoms with Gasteiger partial charge in [0.15, 0.2) is 0 Å². The summed E-state index contributed by atoms with van der Waals surface area (Å²) in [6, 6.07) is 9.48. The highest BCUT2D eigenvalue weighted by molar-refractivity contribution is 7.85. The summed E-state index contributed by atoms with van der Waals surface area (Å²) >= 11 is 0. The zero-order valence-corrected chi connectivity index (χ0v) is 14.4. The first-order valence-electron chi connectivity index (χ1n) is 7.18. The van der Waals surface area contributed by atoms with E-state index in [9.17, 15) is 13.2 Å². The number of benzene rings is 1. The predicted octanol–water partition coefficient (Wildman–Crippen LogP) is 2.87. The van der Waals surface area contributed by atoms with Gasteiger partial charge in [-0.15, -0.1) is 0 Å². The molecule has 6 heteroatoms. The molecule has 0 saturated heterocycles. The lowest BCUT2D eigenvalue weighted by atomic mass is 9.93. The van der Waals surface area contributed by atoms with Crippen molar-refractivity contribution in [3.8, 4) is 0 Å². The molecule has 0 heterocycles. The maximum atomic E-state index is 12.0. The third kappa shape index (κ3) is 8.14. The average Bonchev–Trinajstić information content (AvgIpc) is 2.35. The molecule has 0 spiro atoms. The molecule has 0 aromatic heterocycles. The van der Waals surface area contributed by atoms with Gasteiger partial charge >= 0.3 is 5.97 Å². The minimum Gasteiger partial charge on any atom is -0.460 e. The van der Waals surface area contributed by atoms with Gasteiger partial charge in [0.25, 0.3) is 10.1 Å². The molecule has 1 atom stereocenters. The van der Waals surface area contributed by atoms with Crippen molar-refractivity contribution >= 4 is 16.1 Å². The molecule has 1 rings (SSSR count). The molecule has 124 valence electrons. The van der Waals surface area contributed by atoms with Crippen LogP contribution in [-0.2, 0) is 23.8 Å². The van der Waals surface area contributed by atoms with Crippen LogP contribution in [0.15, 0.2) is 30.3 Å². The Bertz CT molecular complexity index is 572. The van der Waals surface area contributed by atoms with Gasteiger partial charge in [0, 0.05) is 0 Å². The Kier molecular flexibility index (Phi) is 6.56. The van der Waals surface area contributed by atoms with Gasteiger partial charge in [-0.3, -0.25) is 8.98 Å². The molecule has 0 saturated carbocycles. The minimum atomic E-state index is -3.48. The lowest BCUT2D eigenvalue weighted by Gasteiger charge is -2.22. The number of rotatable bonds is 7. The number of hydrogen-bond donors (Lipinski definition) is 0. The summed E-state index contributed by atoms with van der Waals surface area (Å²) in [6.07, 6.45) is 1.63. The van der Waals surface area contributed by atoms with E-state index in [0.717, 1.165) is 11.8 Å². The highest BCUT2D eigenvalue weighted by Gasteiger charge is 2.22. The van der Waals surface area contributed by atoms with Gasteiger partial charge in [-0.1, -0.05) is 30.3 Å². The van der Waals surface area contributed by atoms with Crippen molar-refractivity contribution in [1.29, 1.82) is 0 Å². The first-order chi connectivity index (χ1) is 10.1. The molecule has 0 aliphatic rings. The molecule has 0 amide bonds. The van der Waals surface area contributed by atoms with E-state index in [4.69, 9.17) is 8.92 Å². The van der Waals surface area contributed by atoms with Crippen LogP contribution in [0.3, 0.4) is 0 Å². The van der Waals surface area contributed by atoms with Crippen LogP contribution in [0.5, 0.6) is 0 Å². The van der Waals surface area contributed by atoms with E-state index in [-0.39, 0.29) is 24.9 Å². The van der Waals surface area contributed by atoms with E-state index in [1.807, 2.05) is 51.1 Å². The molecule has 0 aliphatic heterocycles.